The van der Waals surface area contributed by atoms with Crippen LogP contribution in [0.2, 0.25) is 5.02 Å². The zero-order chi connectivity index (χ0) is 17.9. The fourth-order valence-electron chi connectivity index (χ4n) is 2.81. The summed E-state index contributed by atoms with van der Waals surface area (Å²) in [6.07, 6.45) is 5.26. The van der Waals surface area contributed by atoms with Gasteiger partial charge in [0.25, 0.3) is 0 Å². The van der Waals surface area contributed by atoms with Gasteiger partial charge >= 0.3 is 0 Å². The van der Waals surface area contributed by atoms with Crippen LogP contribution in [0.15, 0.2) is 36.7 Å². The maximum Gasteiger partial charge on any atom is 0.237 e. The van der Waals surface area contributed by atoms with E-state index in [9.17, 15) is 8.42 Å². The fourth-order valence-corrected chi connectivity index (χ4v) is 4.18. The van der Waals surface area contributed by atoms with Crippen molar-refractivity contribution in [1.29, 1.82) is 0 Å². The number of aromatic nitrogens is 2. The van der Waals surface area contributed by atoms with E-state index in [4.69, 9.17) is 11.6 Å². The predicted molar refractivity (Wildman–Crippen MR) is 100 cm³/mol. The van der Waals surface area contributed by atoms with Gasteiger partial charge in [-0.15, -0.1) is 0 Å². The van der Waals surface area contributed by atoms with E-state index in [1.54, 1.807) is 24.3 Å². The summed E-state index contributed by atoms with van der Waals surface area (Å²) in [6.45, 7) is 4.11. The summed E-state index contributed by atoms with van der Waals surface area (Å²) in [5.41, 5.74) is 0.983. The number of benzene rings is 1. The van der Waals surface area contributed by atoms with Crippen molar-refractivity contribution in [1.82, 2.24) is 9.97 Å². The van der Waals surface area contributed by atoms with Gasteiger partial charge < -0.3 is 4.90 Å². The molecule has 2 heterocycles. The van der Waals surface area contributed by atoms with Gasteiger partial charge in [-0.05, 0) is 36.5 Å². The third-order valence-corrected chi connectivity index (χ3v) is 5.72. The average molecular weight is 381 g/mol. The first-order chi connectivity index (χ1) is 11.9. The van der Waals surface area contributed by atoms with Gasteiger partial charge in [0, 0.05) is 18.1 Å². The van der Waals surface area contributed by atoms with Gasteiger partial charge in [-0.3, -0.25) is 4.72 Å². The van der Waals surface area contributed by atoms with E-state index in [0.717, 1.165) is 31.8 Å². The van der Waals surface area contributed by atoms with Gasteiger partial charge in [0.15, 0.2) is 0 Å². The van der Waals surface area contributed by atoms with Crippen LogP contribution in [0, 0.1) is 5.92 Å². The molecular formula is C17H21ClN4O2S. The number of halogens is 1. The number of hydrogen-bond acceptors (Lipinski definition) is 5. The molecular weight excluding hydrogens is 360 g/mol. The fraction of sp³-hybridized carbons (Fsp3) is 0.412. The predicted octanol–water partition coefficient (Wildman–Crippen LogP) is 3.31. The second-order valence-corrected chi connectivity index (χ2v) is 8.59. The maximum absolute atomic E-state index is 12.3. The monoisotopic (exact) mass is 380 g/mol. The van der Waals surface area contributed by atoms with Crippen LogP contribution in [0.4, 0.5) is 11.6 Å². The lowest BCUT2D eigenvalue weighted by molar-refractivity contribution is 0.434. The molecule has 1 aliphatic heterocycles. The molecule has 1 aromatic carbocycles. The summed E-state index contributed by atoms with van der Waals surface area (Å²) < 4.78 is 27.1. The van der Waals surface area contributed by atoms with Gasteiger partial charge in [0.05, 0.1) is 23.8 Å². The molecule has 0 radical (unpaired) electrons. The van der Waals surface area contributed by atoms with Crippen LogP contribution in [0.1, 0.15) is 25.3 Å². The topological polar surface area (TPSA) is 75.2 Å². The van der Waals surface area contributed by atoms with Crippen molar-refractivity contribution in [2.24, 2.45) is 5.92 Å². The SMILES string of the molecule is CC1CCN(c2ncc(NS(=O)(=O)Cc3cccc(Cl)c3)cn2)CC1. The highest BCUT2D eigenvalue weighted by molar-refractivity contribution is 7.91. The number of anilines is 2. The van der Waals surface area contributed by atoms with Crippen molar-refractivity contribution >= 4 is 33.3 Å². The van der Waals surface area contributed by atoms with Crippen LogP contribution in [-0.2, 0) is 15.8 Å². The normalized spacial score (nSPS) is 16.0. The third kappa shape index (κ3) is 5.06. The molecule has 0 aliphatic carbocycles. The Morgan fingerprint density at radius 3 is 2.56 bits per heavy atom. The van der Waals surface area contributed by atoms with Crippen molar-refractivity contribution < 1.29 is 8.42 Å². The zero-order valence-corrected chi connectivity index (χ0v) is 15.6. The smallest absolute Gasteiger partial charge is 0.237 e. The van der Waals surface area contributed by atoms with E-state index >= 15 is 0 Å². The molecule has 2 aromatic rings. The van der Waals surface area contributed by atoms with Crippen molar-refractivity contribution in [3.63, 3.8) is 0 Å². The van der Waals surface area contributed by atoms with E-state index in [2.05, 4.69) is 26.5 Å². The molecule has 1 saturated heterocycles. The average Bonchev–Trinajstić information content (AvgIpc) is 2.55. The van der Waals surface area contributed by atoms with Gasteiger partial charge in [-0.25, -0.2) is 18.4 Å². The molecule has 8 heteroatoms. The summed E-state index contributed by atoms with van der Waals surface area (Å²) in [4.78, 5) is 10.7. The molecule has 1 fully saturated rings. The maximum atomic E-state index is 12.3. The van der Waals surface area contributed by atoms with E-state index in [1.807, 2.05) is 0 Å². The zero-order valence-electron chi connectivity index (χ0n) is 14.0. The highest BCUT2D eigenvalue weighted by atomic mass is 35.5. The van der Waals surface area contributed by atoms with E-state index in [-0.39, 0.29) is 5.75 Å². The molecule has 1 aromatic heterocycles. The third-order valence-electron chi connectivity index (χ3n) is 4.22. The Labute approximate surface area is 153 Å². The molecule has 0 saturated carbocycles. The molecule has 134 valence electrons. The molecule has 0 bridgehead atoms. The van der Waals surface area contributed by atoms with Crippen LogP contribution in [0.5, 0.6) is 0 Å². The first kappa shape index (κ1) is 17.9. The summed E-state index contributed by atoms with van der Waals surface area (Å²) in [5.74, 6) is 1.22. The lowest BCUT2D eigenvalue weighted by Gasteiger charge is -2.30. The Hall–Kier alpha value is -1.86. The van der Waals surface area contributed by atoms with Gasteiger partial charge in [-0.1, -0.05) is 30.7 Å². The van der Waals surface area contributed by atoms with E-state index < -0.39 is 10.0 Å². The van der Waals surface area contributed by atoms with Gasteiger partial charge in [0.1, 0.15) is 0 Å². The van der Waals surface area contributed by atoms with Crippen LogP contribution >= 0.6 is 11.6 Å². The van der Waals surface area contributed by atoms with Crippen LogP contribution in [-0.4, -0.2) is 31.5 Å². The number of nitrogens with zero attached hydrogens (tertiary/aromatic N) is 3. The number of nitrogens with one attached hydrogen (secondary N) is 1. The molecule has 0 spiro atoms. The number of piperidine rings is 1. The molecule has 0 atom stereocenters. The largest absolute Gasteiger partial charge is 0.341 e. The molecule has 0 amide bonds. The lowest BCUT2D eigenvalue weighted by Crippen LogP contribution is -2.34. The summed E-state index contributed by atoms with van der Waals surface area (Å²) in [6, 6.07) is 6.80. The van der Waals surface area contributed by atoms with E-state index in [1.165, 1.54) is 12.4 Å². The second kappa shape index (κ2) is 7.58. The Kier molecular flexibility index (Phi) is 5.44. The minimum absolute atomic E-state index is 0.153. The van der Waals surface area contributed by atoms with Crippen LogP contribution in [0.25, 0.3) is 0 Å². The van der Waals surface area contributed by atoms with Crippen molar-refractivity contribution in [2.75, 3.05) is 22.7 Å². The highest BCUT2D eigenvalue weighted by Gasteiger charge is 2.18. The quantitative estimate of drug-likeness (QED) is 0.861. The summed E-state index contributed by atoms with van der Waals surface area (Å²) >= 11 is 5.89. The van der Waals surface area contributed by atoms with Crippen molar-refractivity contribution in [3.8, 4) is 0 Å². The van der Waals surface area contributed by atoms with E-state index in [0.29, 0.717) is 22.2 Å². The molecule has 6 nitrogen and oxygen atoms in total. The van der Waals surface area contributed by atoms with Crippen molar-refractivity contribution in [3.05, 3.63) is 47.2 Å². The van der Waals surface area contributed by atoms with Crippen LogP contribution < -0.4 is 9.62 Å². The molecule has 1 N–H and O–H groups in total. The van der Waals surface area contributed by atoms with Crippen LogP contribution in [0.3, 0.4) is 0 Å². The molecule has 1 aliphatic rings. The molecule has 0 unspecified atom stereocenters. The lowest BCUT2D eigenvalue weighted by atomic mass is 10.00. The Morgan fingerprint density at radius 2 is 1.92 bits per heavy atom. The van der Waals surface area contributed by atoms with Gasteiger partial charge in [0.2, 0.25) is 16.0 Å². The Morgan fingerprint density at radius 1 is 1.24 bits per heavy atom. The minimum Gasteiger partial charge on any atom is -0.341 e. The highest BCUT2D eigenvalue weighted by Crippen LogP contribution is 2.21. The number of sulfonamides is 1. The first-order valence-corrected chi connectivity index (χ1v) is 10.3. The summed E-state index contributed by atoms with van der Waals surface area (Å²) in [7, 11) is -3.55. The molecule has 25 heavy (non-hydrogen) atoms. The number of hydrogen-bond donors (Lipinski definition) is 1. The van der Waals surface area contributed by atoms with Crippen molar-refractivity contribution in [2.45, 2.75) is 25.5 Å². The standard InChI is InChI=1S/C17H21ClN4O2S/c1-13-5-7-22(8-6-13)17-19-10-16(11-20-17)21-25(23,24)12-14-3-2-4-15(18)9-14/h2-4,9-11,13,21H,5-8,12H2,1H3. The minimum atomic E-state index is -3.55. The summed E-state index contributed by atoms with van der Waals surface area (Å²) in [5, 5.41) is 0.510. The Balaban J connectivity index is 1.64. The Bertz CT molecular complexity index is 819. The number of rotatable bonds is 5. The van der Waals surface area contributed by atoms with Gasteiger partial charge in [-0.2, -0.15) is 0 Å². The second-order valence-electron chi connectivity index (χ2n) is 6.43. The first-order valence-electron chi connectivity index (χ1n) is 8.23. The molecule has 3 rings (SSSR count).